The normalized spacial score (nSPS) is 12.0. The minimum atomic E-state index is -0.546. The number of hydrogen-bond donors (Lipinski definition) is 1. The molecule has 1 heterocycles. The van der Waals surface area contributed by atoms with Gasteiger partial charge < -0.3 is 10.3 Å². The van der Waals surface area contributed by atoms with Crippen LogP contribution >= 0.6 is 12.4 Å². The average Bonchev–Trinajstić information content (AvgIpc) is 2.70. The van der Waals surface area contributed by atoms with E-state index in [1.165, 1.54) is 18.2 Å². The van der Waals surface area contributed by atoms with Crippen molar-refractivity contribution in [3.05, 3.63) is 53.6 Å². The standard InChI is InChI=1S/C13H15F2N3.ClH/c1-9(16)5-10-6-17-8-18(10)7-11-12(14)3-2-4-13(11)15;/h2-4,6,8-9H,5,7,16H2,1H3;1H. The summed E-state index contributed by atoms with van der Waals surface area (Å²) < 4.78 is 28.8. The van der Waals surface area contributed by atoms with Gasteiger partial charge in [-0.3, -0.25) is 0 Å². The molecule has 0 fully saturated rings. The van der Waals surface area contributed by atoms with Crippen LogP contribution in [0, 0.1) is 11.6 Å². The number of halogens is 3. The molecule has 2 aromatic rings. The molecule has 0 aliphatic carbocycles. The number of benzene rings is 1. The van der Waals surface area contributed by atoms with Crippen LogP contribution < -0.4 is 5.73 Å². The zero-order valence-corrected chi connectivity index (χ0v) is 11.3. The van der Waals surface area contributed by atoms with Gasteiger partial charge in [-0.05, 0) is 19.1 Å². The van der Waals surface area contributed by atoms with Gasteiger partial charge in [-0.15, -0.1) is 12.4 Å². The fourth-order valence-electron chi connectivity index (χ4n) is 1.84. The summed E-state index contributed by atoms with van der Waals surface area (Å²) in [5.74, 6) is -1.09. The number of hydrogen-bond acceptors (Lipinski definition) is 2. The van der Waals surface area contributed by atoms with Gasteiger partial charge in [-0.2, -0.15) is 0 Å². The van der Waals surface area contributed by atoms with E-state index in [2.05, 4.69) is 4.98 Å². The van der Waals surface area contributed by atoms with Crippen LogP contribution in [0.4, 0.5) is 8.78 Å². The summed E-state index contributed by atoms with van der Waals surface area (Å²) in [6.07, 6.45) is 3.85. The Bertz CT molecular complexity index is 520. The molecule has 1 aromatic carbocycles. The first-order chi connectivity index (χ1) is 8.58. The lowest BCUT2D eigenvalue weighted by molar-refractivity contribution is 0.539. The SMILES string of the molecule is CC(N)Cc1cncn1Cc1c(F)cccc1F.Cl. The quantitative estimate of drug-likeness (QED) is 0.939. The third kappa shape index (κ3) is 3.75. The molecule has 0 radical (unpaired) electrons. The fourth-order valence-corrected chi connectivity index (χ4v) is 1.84. The van der Waals surface area contributed by atoms with Crippen LogP contribution in [0.15, 0.2) is 30.7 Å². The van der Waals surface area contributed by atoms with Crippen molar-refractivity contribution in [1.82, 2.24) is 9.55 Å². The van der Waals surface area contributed by atoms with E-state index in [-0.39, 0.29) is 30.6 Å². The van der Waals surface area contributed by atoms with Crippen molar-refractivity contribution in [2.45, 2.75) is 25.9 Å². The Morgan fingerprint density at radius 3 is 2.53 bits per heavy atom. The summed E-state index contributed by atoms with van der Waals surface area (Å²) >= 11 is 0. The Kier molecular flexibility index (Phi) is 5.44. The smallest absolute Gasteiger partial charge is 0.131 e. The summed E-state index contributed by atoms with van der Waals surface area (Å²) in [4.78, 5) is 3.99. The van der Waals surface area contributed by atoms with Crippen LogP contribution in [-0.2, 0) is 13.0 Å². The lowest BCUT2D eigenvalue weighted by Gasteiger charge is -2.11. The maximum Gasteiger partial charge on any atom is 0.131 e. The van der Waals surface area contributed by atoms with Gasteiger partial charge >= 0.3 is 0 Å². The molecule has 0 saturated carbocycles. The van der Waals surface area contributed by atoms with Gasteiger partial charge in [-0.25, -0.2) is 13.8 Å². The lowest BCUT2D eigenvalue weighted by Crippen LogP contribution is -2.20. The van der Waals surface area contributed by atoms with E-state index >= 15 is 0 Å². The van der Waals surface area contributed by atoms with Crippen LogP contribution in [-0.4, -0.2) is 15.6 Å². The highest BCUT2D eigenvalue weighted by Gasteiger charge is 2.11. The van der Waals surface area contributed by atoms with Crippen molar-refractivity contribution in [1.29, 1.82) is 0 Å². The molecule has 0 aliphatic heterocycles. The second-order valence-electron chi connectivity index (χ2n) is 4.39. The Hall–Kier alpha value is -1.46. The van der Waals surface area contributed by atoms with E-state index in [0.29, 0.717) is 6.42 Å². The molecule has 0 amide bonds. The third-order valence-corrected chi connectivity index (χ3v) is 2.72. The third-order valence-electron chi connectivity index (χ3n) is 2.72. The minimum absolute atomic E-state index is 0. The van der Waals surface area contributed by atoms with E-state index < -0.39 is 11.6 Å². The first-order valence-electron chi connectivity index (χ1n) is 5.75. The Morgan fingerprint density at radius 2 is 1.95 bits per heavy atom. The molecule has 0 aliphatic rings. The molecule has 0 spiro atoms. The van der Waals surface area contributed by atoms with E-state index in [4.69, 9.17) is 5.73 Å². The largest absolute Gasteiger partial charge is 0.330 e. The number of rotatable bonds is 4. The van der Waals surface area contributed by atoms with Crippen molar-refractivity contribution in [3.8, 4) is 0 Å². The Labute approximate surface area is 116 Å². The Morgan fingerprint density at radius 1 is 1.32 bits per heavy atom. The molecular formula is C13H16ClF2N3. The minimum Gasteiger partial charge on any atom is -0.330 e. The molecule has 1 aromatic heterocycles. The van der Waals surface area contributed by atoms with Crippen molar-refractivity contribution in [2.75, 3.05) is 0 Å². The predicted molar refractivity (Wildman–Crippen MR) is 72.3 cm³/mol. The van der Waals surface area contributed by atoms with Crippen molar-refractivity contribution in [2.24, 2.45) is 5.73 Å². The highest BCUT2D eigenvalue weighted by atomic mass is 35.5. The van der Waals surface area contributed by atoms with Crippen LogP contribution in [0.5, 0.6) is 0 Å². The molecule has 1 atom stereocenters. The van der Waals surface area contributed by atoms with Gasteiger partial charge in [0, 0.05) is 29.9 Å². The number of imidazole rings is 1. The highest BCUT2D eigenvalue weighted by Crippen LogP contribution is 2.15. The first kappa shape index (κ1) is 15.6. The fraction of sp³-hybridized carbons (Fsp3) is 0.308. The average molecular weight is 288 g/mol. The van der Waals surface area contributed by atoms with Gasteiger partial charge in [0.2, 0.25) is 0 Å². The molecule has 0 bridgehead atoms. The van der Waals surface area contributed by atoms with Gasteiger partial charge in [0.15, 0.2) is 0 Å². The van der Waals surface area contributed by atoms with Crippen LogP contribution in [0.3, 0.4) is 0 Å². The van der Waals surface area contributed by atoms with E-state index in [0.717, 1.165) is 5.69 Å². The molecule has 6 heteroatoms. The van der Waals surface area contributed by atoms with Crippen LogP contribution in [0.2, 0.25) is 0 Å². The van der Waals surface area contributed by atoms with Gasteiger partial charge in [-0.1, -0.05) is 6.07 Å². The monoisotopic (exact) mass is 287 g/mol. The van der Waals surface area contributed by atoms with E-state index in [1.807, 2.05) is 6.92 Å². The van der Waals surface area contributed by atoms with Crippen molar-refractivity contribution in [3.63, 3.8) is 0 Å². The number of nitrogens with zero attached hydrogens (tertiary/aromatic N) is 2. The predicted octanol–water partition coefficient (Wildman–Crippen LogP) is 2.52. The number of aromatic nitrogens is 2. The molecular weight excluding hydrogens is 272 g/mol. The molecule has 2 N–H and O–H groups in total. The summed E-state index contributed by atoms with van der Waals surface area (Å²) in [5, 5.41) is 0. The first-order valence-corrected chi connectivity index (χ1v) is 5.75. The van der Waals surface area contributed by atoms with E-state index in [9.17, 15) is 8.78 Å². The summed E-state index contributed by atoms with van der Waals surface area (Å²) in [7, 11) is 0. The van der Waals surface area contributed by atoms with Gasteiger partial charge in [0.1, 0.15) is 11.6 Å². The van der Waals surface area contributed by atoms with Crippen LogP contribution in [0.25, 0.3) is 0 Å². The molecule has 104 valence electrons. The summed E-state index contributed by atoms with van der Waals surface area (Å²) in [6.45, 7) is 2.00. The second-order valence-corrected chi connectivity index (χ2v) is 4.39. The van der Waals surface area contributed by atoms with Gasteiger partial charge in [0.05, 0.1) is 12.9 Å². The van der Waals surface area contributed by atoms with Crippen molar-refractivity contribution >= 4 is 12.4 Å². The summed E-state index contributed by atoms with van der Waals surface area (Å²) in [6, 6.07) is 3.83. The topological polar surface area (TPSA) is 43.8 Å². The van der Waals surface area contributed by atoms with Crippen molar-refractivity contribution < 1.29 is 8.78 Å². The Balaban J connectivity index is 0.00000180. The van der Waals surface area contributed by atoms with Gasteiger partial charge in [0.25, 0.3) is 0 Å². The summed E-state index contributed by atoms with van der Waals surface area (Å²) in [5.41, 5.74) is 6.63. The number of nitrogens with two attached hydrogens (primary N) is 1. The molecule has 0 saturated heterocycles. The molecule has 19 heavy (non-hydrogen) atoms. The maximum absolute atomic E-state index is 13.5. The molecule has 2 rings (SSSR count). The maximum atomic E-state index is 13.5. The molecule has 1 unspecified atom stereocenters. The zero-order chi connectivity index (χ0) is 13.1. The van der Waals surface area contributed by atoms with Crippen LogP contribution in [0.1, 0.15) is 18.2 Å². The second kappa shape index (κ2) is 6.63. The lowest BCUT2D eigenvalue weighted by atomic mass is 10.1. The van der Waals surface area contributed by atoms with E-state index in [1.54, 1.807) is 17.1 Å². The highest BCUT2D eigenvalue weighted by molar-refractivity contribution is 5.85. The zero-order valence-electron chi connectivity index (χ0n) is 10.5. The molecule has 3 nitrogen and oxygen atoms in total.